The van der Waals surface area contributed by atoms with E-state index in [-0.39, 0.29) is 0 Å². The van der Waals surface area contributed by atoms with Gasteiger partial charge in [-0.3, -0.25) is 4.90 Å². The lowest BCUT2D eigenvalue weighted by molar-refractivity contribution is 0.0331. The zero-order chi connectivity index (χ0) is 19.8. The second kappa shape index (κ2) is 8.26. The number of hydrogen-bond acceptors (Lipinski definition) is 8. The van der Waals surface area contributed by atoms with Gasteiger partial charge in [0.05, 0.1) is 31.7 Å². The van der Waals surface area contributed by atoms with Crippen LogP contribution >= 0.6 is 22.7 Å². The van der Waals surface area contributed by atoms with E-state index in [4.69, 9.17) is 14.7 Å². The summed E-state index contributed by atoms with van der Waals surface area (Å²) in [5, 5.41) is 4.54. The number of rotatable bonds is 5. The number of morpholine rings is 1. The molecule has 1 saturated heterocycles. The molecule has 0 bridgehead atoms. The molecule has 0 amide bonds. The second-order valence-electron chi connectivity index (χ2n) is 7.98. The molecule has 2 aliphatic rings. The van der Waals surface area contributed by atoms with Crippen molar-refractivity contribution >= 4 is 38.7 Å². The molecule has 3 aromatic heterocycles. The second-order valence-corrected chi connectivity index (χ2v) is 10.0. The number of nitrogens with zero attached hydrogens (tertiary/aromatic N) is 5. The van der Waals surface area contributed by atoms with E-state index in [0.717, 1.165) is 73.0 Å². The Morgan fingerprint density at radius 3 is 2.76 bits per heavy atom. The minimum atomic E-state index is 0.784. The SMILES string of the molecule is Cc1csc(CN(C)c2nc(CN3CCOCC3)nc3sc4c(c23)CCCC4)n1. The van der Waals surface area contributed by atoms with Crippen LogP contribution in [0, 0.1) is 6.92 Å². The molecule has 3 aromatic rings. The van der Waals surface area contributed by atoms with Gasteiger partial charge in [0.1, 0.15) is 21.5 Å². The van der Waals surface area contributed by atoms with E-state index < -0.39 is 0 Å². The van der Waals surface area contributed by atoms with Crippen LogP contribution in [-0.2, 0) is 30.7 Å². The van der Waals surface area contributed by atoms with E-state index in [9.17, 15) is 0 Å². The first-order chi connectivity index (χ1) is 14.2. The number of thiophene rings is 1. The number of hydrogen-bond donors (Lipinski definition) is 0. The third-order valence-corrected chi connectivity index (χ3v) is 7.85. The van der Waals surface area contributed by atoms with Crippen LogP contribution in [0.25, 0.3) is 10.2 Å². The standard InChI is InChI=1S/C21H27N5OS2/c1-14-13-28-18(22-14)12-25(2)20-19-15-5-3-4-6-16(15)29-21(19)24-17(23-20)11-26-7-9-27-10-8-26/h13H,3-12H2,1-2H3. The highest BCUT2D eigenvalue weighted by Crippen LogP contribution is 2.40. The number of aryl methyl sites for hydroxylation is 3. The molecule has 0 saturated carbocycles. The van der Waals surface area contributed by atoms with Gasteiger partial charge in [0.2, 0.25) is 0 Å². The molecule has 0 N–H and O–H groups in total. The third-order valence-electron chi connectivity index (χ3n) is 5.71. The summed E-state index contributed by atoms with van der Waals surface area (Å²) in [7, 11) is 2.14. The fourth-order valence-corrected chi connectivity index (χ4v) is 6.34. The van der Waals surface area contributed by atoms with Crippen molar-refractivity contribution in [1.29, 1.82) is 0 Å². The Morgan fingerprint density at radius 2 is 1.97 bits per heavy atom. The van der Waals surface area contributed by atoms with E-state index >= 15 is 0 Å². The van der Waals surface area contributed by atoms with Gasteiger partial charge in [-0.1, -0.05) is 0 Å². The van der Waals surface area contributed by atoms with Gasteiger partial charge >= 0.3 is 0 Å². The first-order valence-corrected chi connectivity index (χ1v) is 12.1. The Morgan fingerprint density at radius 1 is 1.14 bits per heavy atom. The van der Waals surface area contributed by atoms with Gasteiger partial charge in [0.25, 0.3) is 0 Å². The largest absolute Gasteiger partial charge is 0.379 e. The fourth-order valence-electron chi connectivity index (χ4n) is 4.24. The van der Waals surface area contributed by atoms with Crippen LogP contribution in [-0.4, -0.2) is 53.2 Å². The molecule has 1 aliphatic heterocycles. The maximum atomic E-state index is 5.50. The lowest BCUT2D eigenvalue weighted by Gasteiger charge is -2.26. The van der Waals surface area contributed by atoms with Crippen molar-refractivity contribution in [3.05, 3.63) is 32.3 Å². The van der Waals surface area contributed by atoms with Gasteiger partial charge < -0.3 is 9.64 Å². The lowest BCUT2D eigenvalue weighted by Crippen LogP contribution is -2.36. The van der Waals surface area contributed by atoms with Crippen LogP contribution in [0.3, 0.4) is 0 Å². The zero-order valence-corrected chi connectivity index (χ0v) is 18.7. The van der Waals surface area contributed by atoms with Gasteiger partial charge in [-0.25, -0.2) is 15.0 Å². The fraction of sp³-hybridized carbons (Fsp3) is 0.571. The Balaban J connectivity index is 1.53. The molecule has 29 heavy (non-hydrogen) atoms. The molecule has 0 radical (unpaired) electrons. The third kappa shape index (κ3) is 4.03. The molecule has 4 heterocycles. The van der Waals surface area contributed by atoms with E-state index in [1.54, 1.807) is 11.3 Å². The Hall–Kier alpha value is -1.61. The molecule has 6 nitrogen and oxygen atoms in total. The van der Waals surface area contributed by atoms with Gasteiger partial charge in [-0.2, -0.15) is 0 Å². The molecule has 0 aromatic carbocycles. The molecule has 5 rings (SSSR count). The van der Waals surface area contributed by atoms with Crippen LogP contribution in [0.5, 0.6) is 0 Å². The molecular formula is C21H27N5OS2. The quantitative estimate of drug-likeness (QED) is 0.615. The Kier molecular flexibility index (Phi) is 5.51. The summed E-state index contributed by atoms with van der Waals surface area (Å²) in [6.45, 7) is 7.12. The number of thiazole rings is 1. The minimum absolute atomic E-state index is 0.784. The summed E-state index contributed by atoms with van der Waals surface area (Å²) >= 11 is 3.61. The molecule has 0 unspecified atom stereocenters. The predicted molar refractivity (Wildman–Crippen MR) is 119 cm³/mol. The van der Waals surface area contributed by atoms with Gasteiger partial charge in [0.15, 0.2) is 0 Å². The molecule has 1 fully saturated rings. The van der Waals surface area contributed by atoms with Gasteiger partial charge in [-0.05, 0) is 38.2 Å². The average molecular weight is 430 g/mol. The van der Waals surface area contributed by atoms with Crippen LogP contribution < -0.4 is 4.90 Å². The lowest BCUT2D eigenvalue weighted by atomic mass is 9.97. The zero-order valence-electron chi connectivity index (χ0n) is 17.1. The number of ether oxygens (including phenoxy) is 1. The highest BCUT2D eigenvalue weighted by Gasteiger charge is 2.24. The predicted octanol–water partition coefficient (Wildman–Crippen LogP) is 3.80. The van der Waals surface area contributed by atoms with E-state index in [0.29, 0.717) is 0 Å². The first-order valence-electron chi connectivity index (χ1n) is 10.4. The van der Waals surface area contributed by atoms with E-state index in [1.165, 1.54) is 35.1 Å². The summed E-state index contributed by atoms with van der Waals surface area (Å²) in [5.74, 6) is 2.00. The van der Waals surface area contributed by atoms with Crippen LogP contribution in [0.4, 0.5) is 5.82 Å². The van der Waals surface area contributed by atoms with Crippen LogP contribution in [0.15, 0.2) is 5.38 Å². The van der Waals surface area contributed by atoms with Crippen LogP contribution in [0.2, 0.25) is 0 Å². The van der Waals surface area contributed by atoms with Crippen molar-refractivity contribution in [1.82, 2.24) is 19.9 Å². The number of fused-ring (bicyclic) bond motifs is 3. The van der Waals surface area contributed by atoms with Gasteiger partial charge in [-0.15, -0.1) is 22.7 Å². The molecule has 1 aliphatic carbocycles. The maximum Gasteiger partial charge on any atom is 0.146 e. The highest BCUT2D eigenvalue weighted by atomic mass is 32.1. The van der Waals surface area contributed by atoms with Crippen molar-refractivity contribution in [3.8, 4) is 0 Å². The monoisotopic (exact) mass is 429 g/mol. The van der Waals surface area contributed by atoms with Crippen molar-refractivity contribution in [3.63, 3.8) is 0 Å². The van der Waals surface area contributed by atoms with Gasteiger partial charge in [0, 0.05) is 36.1 Å². The topological polar surface area (TPSA) is 54.4 Å². The van der Waals surface area contributed by atoms with Crippen molar-refractivity contribution in [2.45, 2.75) is 45.7 Å². The molecule has 0 atom stereocenters. The normalized spacial score (nSPS) is 17.6. The Bertz CT molecular complexity index is 1010. The smallest absolute Gasteiger partial charge is 0.146 e. The highest BCUT2D eigenvalue weighted by molar-refractivity contribution is 7.19. The average Bonchev–Trinajstić information content (AvgIpc) is 3.30. The number of aromatic nitrogens is 3. The first kappa shape index (κ1) is 19.4. The summed E-state index contributed by atoms with van der Waals surface area (Å²) in [6, 6.07) is 0. The summed E-state index contributed by atoms with van der Waals surface area (Å²) in [5.41, 5.74) is 2.58. The van der Waals surface area contributed by atoms with Crippen molar-refractivity contribution in [2.75, 3.05) is 38.3 Å². The van der Waals surface area contributed by atoms with Crippen molar-refractivity contribution in [2.24, 2.45) is 0 Å². The molecular weight excluding hydrogens is 402 g/mol. The molecule has 154 valence electrons. The minimum Gasteiger partial charge on any atom is -0.379 e. The number of anilines is 1. The Labute approximate surface area is 179 Å². The summed E-state index contributed by atoms with van der Waals surface area (Å²) < 4.78 is 5.50. The van der Waals surface area contributed by atoms with Crippen molar-refractivity contribution < 1.29 is 4.74 Å². The van der Waals surface area contributed by atoms with E-state index in [2.05, 4.69) is 34.1 Å². The summed E-state index contributed by atoms with van der Waals surface area (Å²) in [4.78, 5) is 22.1. The summed E-state index contributed by atoms with van der Waals surface area (Å²) in [6.07, 6.45) is 4.89. The maximum absolute atomic E-state index is 5.50. The molecule has 0 spiro atoms. The van der Waals surface area contributed by atoms with Crippen LogP contribution in [0.1, 0.15) is 39.8 Å². The molecule has 8 heteroatoms. The van der Waals surface area contributed by atoms with E-state index in [1.807, 2.05) is 11.3 Å².